The first-order valence-electron chi connectivity index (χ1n) is 5.73. The van der Waals surface area contributed by atoms with Gasteiger partial charge in [-0.3, -0.25) is 9.78 Å². The van der Waals surface area contributed by atoms with Crippen LogP contribution in [0.5, 0.6) is 0 Å². The van der Waals surface area contributed by atoms with Crippen LogP contribution in [0.1, 0.15) is 32.9 Å². The van der Waals surface area contributed by atoms with Crippen LogP contribution < -0.4 is 0 Å². The minimum absolute atomic E-state index is 0.178. The van der Waals surface area contributed by atoms with Gasteiger partial charge in [0, 0.05) is 22.5 Å². The highest BCUT2D eigenvalue weighted by atomic mass is 19.1. The van der Waals surface area contributed by atoms with Crippen molar-refractivity contribution in [3.05, 3.63) is 64.2 Å². The number of carbonyl (C=O) groups is 1. The zero-order valence-electron chi connectivity index (χ0n) is 10.6. The highest BCUT2D eigenvalue weighted by Crippen LogP contribution is 2.15. The molecular weight excluding hydrogens is 229 g/mol. The van der Waals surface area contributed by atoms with E-state index in [0.717, 1.165) is 11.4 Å². The molecule has 18 heavy (non-hydrogen) atoms. The molecule has 0 saturated carbocycles. The Morgan fingerprint density at radius 3 is 2.17 bits per heavy atom. The third-order valence-electron chi connectivity index (χ3n) is 2.78. The Hall–Kier alpha value is -2.03. The number of aryl methyl sites for hydroxylation is 3. The van der Waals surface area contributed by atoms with Gasteiger partial charge in [-0.25, -0.2) is 4.39 Å². The summed E-state index contributed by atoms with van der Waals surface area (Å²) in [4.78, 5) is 16.4. The van der Waals surface area contributed by atoms with Crippen LogP contribution in [-0.4, -0.2) is 10.8 Å². The molecule has 0 fully saturated rings. The number of ketones is 1. The number of rotatable bonds is 2. The zero-order chi connectivity index (χ0) is 13.3. The molecule has 0 N–H and O–H groups in total. The van der Waals surface area contributed by atoms with Gasteiger partial charge < -0.3 is 0 Å². The van der Waals surface area contributed by atoms with Gasteiger partial charge in [0.05, 0.1) is 0 Å². The molecule has 0 atom stereocenters. The predicted molar refractivity (Wildman–Crippen MR) is 68.3 cm³/mol. The topological polar surface area (TPSA) is 30.0 Å². The normalized spacial score (nSPS) is 10.4. The van der Waals surface area contributed by atoms with E-state index in [9.17, 15) is 9.18 Å². The van der Waals surface area contributed by atoms with Gasteiger partial charge >= 0.3 is 0 Å². The number of carbonyl (C=O) groups excluding carboxylic acids is 1. The van der Waals surface area contributed by atoms with Crippen molar-refractivity contribution in [2.75, 3.05) is 0 Å². The van der Waals surface area contributed by atoms with Crippen LogP contribution in [0, 0.1) is 26.6 Å². The molecule has 2 rings (SSSR count). The van der Waals surface area contributed by atoms with Crippen molar-refractivity contribution in [3.63, 3.8) is 0 Å². The van der Waals surface area contributed by atoms with E-state index in [1.165, 1.54) is 6.07 Å². The Balaban J connectivity index is 2.44. The Morgan fingerprint density at radius 2 is 1.61 bits per heavy atom. The van der Waals surface area contributed by atoms with E-state index >= 15 is 0 Å². The smallest absolute Gasteiger partial charge is 0.193 e. The van der Waals surface area contributed by atoms with Crippen LogP contribution in [-0.2, 0) is 0 Å². The first-order valence-corrected chi connectivity index (χ1v) is 5.73. The second-order valence-corrected chi connectivity index (χ2v) is 4.43. The molecule has 2 aromatic rings. The van der Waals surface area contributed by atoms with Gasteiger partial charge in [-0.15, -0.1) is 0 Å². The average Bonchev–Trinajstić information content (AvgIpc) is 2.30. The molecule has 1 aromatic carbocycles. The Morgan fingerprint density at radius 1 is 1.00 bits per heavy atom. The molecule has 0 bridgehead atoms. The summed E-state index contributed by atoms with van der Waals surface area (Å²) in [5.41, 5.74) is 3.01. The molecule has 2 nitrogen and oxygen atoms in total. The molecule has 1 aromatic heterocycles. The summed E-state index contributed by atoms with van der Waals surface area (Å²) in [7, 11) is 0. The maximum atomic E-state index is 13.4. The molecule has 0 saturated heterocycles. The van der Waals surface area contributed by atoms with Gasteiger partial charge in [0.2, 0.25) is 0 Å². The van der Waals surface area contributed by atoms with E-state index in [1.807, 2.05) is 13.8 Å². The predicted octanol–water partition coefficient (Wildman–Crippen LogP) is 3.38. The molecule has 92 valence electrons. The number of nitrogens with zero attached hydrogens (tertiary/aromatic N) is 1. The summed E-state index contributed by atoms with van der Waals surface area (Å²) in [5, 5.41) is 0. The summed E-state index contributed by atoms with van der Waals surface area (Å²) in [6.07, 6.45) is 0. The SMILES string of the molecule is Cc1cc(C(=O)c2ccc(C)c(F)c2)cc(C)n1. The maximum Gasteiger partial charge on any atom is 0.193 e. The van der Waals surface area contributed by atoms with E-state index in [2.05, 4.69) is 4.98 Å². The Labute approximate surface area is 105 Å². The lowest BCUT2D eigenvalue weighted by atomic mass is 10.0. The van der Waals surface area contributed by atoms with Crippen LogP contribution in [0.25, 0.3) is 0 Å². The van der Waals surface area contributed by atoms with Gasteiger partial charge in [-0.2, -0.15) is 0 Å². The van der Waals surface area contributed by atoms with Crippen molar-refractivity contribution in [1.29, 1.82) is 0 Å². The molecule has 0 spiro atoms. The lowest BCUT2D eigenvalue weighted by Gasteiger charge is -2.05. The highest BCUT2D eigenvalue weighted by molar-refractivity contribution is 6.09. The van der Waals surface area contributed by atoms with Crippen LogP contribution in [0.15, 0.2) is 30.3 Å². The molecule has 0 aliphatic carbocycles. The van der Waals surface area contributed by atoms with Gasteiger partial charge in [0.25, 0.3) is 0 Å². The van der Waals surface area contributed by atoms with Crippen LogP contribution in [0.4, 0.5) is 4.39 Å². The van der Waals surface area contributed by atoms with Crippen LogP contribution in [0.2, 0.25) is 0 Å². The third-order valence-corrected chi connectivity index (χ3v) is 2.78. The average molecular weight is 243 g/mol. The molecule has 0 aliphatic heterocycles. The summed E-state index contributed by atoms with van der Waals surface area (Å²) in [6.45, 7) is 5.34. The van der Waals surface area contributed by atoms with E-state index < -0.39 is 0 Å². The van der Waals surface area contributed by atoms with Crippen molar-refractivity contribution in [3.8, 4) is 0 Å². The summed E-state index contributed by atoms with van der Waals surface area (Å²) >= 11 is 0. The summed E-state index contributed by atoms with van der Waals surface area (Å²) in [6, 6.07) is 7.97. The second kappa shape index (κ2) is 4.69. The maximum absolute atomic E-state index is 13.4. The molecule has 0 amide bonds. The Bertz CT molecular complexity index is 600. The first kappa shape index (κ1) is 12.4. The van der Waals surface area contributed by atoms with Crippen molar-refractivity contribution in [1.82, 2.24) is 4.98 Å². The Kier molecular flexibility index (Phi) is 3.24. The number of pyridine rings is 1. The molecule has 3 heteroatoms. The van der Waals surface area contributed by atoms with Crippen molar-refractivity contribution >= 4 is 5.78 Å². The number of hydrogen-bond donors (Lipinski definition) is 0. The number of benzene rings is 1. The van der Waals surface area contributed by atoms with Gasteiger partial charge in [-0.1, -0.05) is 12.1 Å². The number of aromatic nitrogens is 1. The summed E-state index contributed by atoms with van der Waals surface area (Å²) in [5.74, 6) is -0.536. The fourth-order valence-corrected chi connectivity index (χ4v) is 1.87. The van der Waals surface area contributed by atoms with Crippen molar-refractivity contribution < 1.29 is 9.18 Å². The van der Waals surface area contributed by atoms with Crippen molar-refractivity contribution in [2.24, 2.45) is 0 Å². The molecule has 0 radical (unpaired) electrons. The van der Waals surface area contributed by atoms with E-state index in [-0.39, 0.29) is 11.6 Å². The molecule has 1 heterocycles. The summed E-state index contributed by atoms with van der Waals surface area (Å²) < 4.78 is 13.4. The van der Waals surface area contributed by atoms with E-state index in [0.29, 0.717) is 16.7 Å². The lowest BCUT2D eigenvalue weighted by Crippen LogP contribution is -2.04. The fourth-order valence-electron chi connectivity index (χ4n) is 1.87. The van der Waals surface area contributed by atoms with Gasteiger partial charge in [0.15, 0.2) is 5.78 Å². The minimum Gasteiger partial charge on any atom is -0.289 e. The van der Waals surface area contributed by atoms with Crippen LogP contribution in [0.3, 0.4) is 0 Å². The molecule has 0 unspecified atom stereocenters. The lowest BCUT2D eigenvalue weighted by molar-refractivity contribution is 0.103. The minimum atomic E-state index is -0.358. The second-order valence-electron chi connectivity index (χ2n) is 4.43. The number of hydrogen-bond acceptors (Lipinski definition) is 2. The number of halogens is 1. The first-order chi connectivity index (χ1) is 8.47. The van der Waals surface area contributed by atoms with Gasteiger partial charge in [-0.05, 0) is 44.5 Å². The van der Waals surface area contributed by atoms with Gasteiger partial charge in [0.1, 0.15) is 5.82 Å². The van der Waals surface area contributed by atoms with Crippen molar-refractivity contribution in [2.45, 2.75) is 20.8 Å². The largest absolute Gasteiger partial charge is 0.289 e. The zero-order valence-corrected chi connectivity index (χ0v) is 10.6. The molecule has 0 aliphatic rings. The standard InChI is InChI=1S/C15H14FNO/c1-9-4-5-12(8-14(9)16)15(18)13-6-10(2)17-11(3)7-13/h4-8H,1-3H3. The fraction of sp³-hybridized carbons (Fsp3) is 0.200. The third kappa shape index (κ3) is 2.45. The van der Waals surface area contributed by atoms with E-state index in [4.69, 9.17) is 0 Å². The van der Waals surface area contributed by atoms with E-state index in [1.54, 1.807) is 31.2 Å². The monoisotopic (exact) mass is 243 g/mol. The quantitative estimate of drug-likeness (QED) is 0.757. The molecular formula is C15H14FNO. The van der Waals surface area contributed by atoms with Crippen LogP contribution >= 0.6 is 0 Å². The highest BCUT2D eigenvalue weighted by Gasteiger charge is 2.12.